The number of nitrogens with one attached hydrogen (secondary N) is 1. The fourth-order valence-corrected chi connectivity index (χ4v) is 2.42. The molecule has 1 aliphatic heterocycles. The minimum absolute atomic E-state index is 0.0436. The van der Waals surface area contributed by atoms with Gasteiger partial charge >= 0.3 is 0 Å². The third-order valence-electron chi connectivity index (χ3n) is 3.83. The van der Waals surface area contributed by atoms with Crippen molar-refractivity contribution in [1.29, 1.82) is 0 Å². The van der Waals surface area contributed by atoms with Gasteiger partial charge < -0.3 is 10.4 Å². The van der Waals surface area contributed by atoms with Crippen molar-refractivity contribution in [3.8, 4) is 0 Å². The lowest BCUT2D eigenvalue weighted by molar-refractivity contribution is -0.126. The Morgan fingerprint density at radius 1 is 1.26 bits per heavy atom. The molecule has 0 aliphatic carbocycles. The number of hydrogen-bond donors (Lipinski definition) is 2. The second-order valence-electron chi connectivity index (χ2n) is 5.28. The first-order chi connectivity index (χ1) is 9.19. The van der Waals surface area contributed by atoms with Gasteiger partial charge in [-0.3, -0.25) is 14.6 Å². The number of amides is 1. The summed E-state index contributed by atoms with van der Waals surface area (Å²) < 4.78 is 0. The molecule has 1 atom stereocenters. The summed E-state index contributed by atoms with van der Waals surface area (Å²) in [5.74, 6) is 0.145. The van der Waals surface area contributed by atoms with Crippen LogP contribution in [0.3, 0.4) is 0 Å². The number of hydrogen-bond acceptors (Lipinski definition) is 4. The predicted molar refractivity (Wildman–Crippen MR) is 77.1 cm³/mol. The van der Waals surface area contributed by atoms with E-state index in [0.717, 1.165) is 45.7 Å². The van der Waals surface area contributed by atoms with Crippen molar-refractivity contribution in [2.75, 3.05) is 45.9 Å². The molecule has 1 unspecified atom stereocenters. The van der Waals surface area contributed by atoms with Gasteiger partial charge in [-0.2, -0.15) is 0 Å². The van der Waals surface area contributed by atoms with Crippen molar-refractivity contribution in [2.45, 2.75) is 39.2 Å². The zero-order valence-electron chi connectivity index (χ0n) is 12.4. The first kappa shape index (κ1) is 16.4. The second-order valence-corrected chi connectivity index (χ2v) is 5.28. The molecule has 0 aromatic carbocycles. The molecule has 1 fully saturated rings. The van der Waals surface area contributed by atoms with E-state index in [9.17, 15) is 4.79 Å². The fraction of sp³-hybridized carbons (Fsp3) is 0.929. The smallest absolute Gasteiger partial charge is 0.237 e. The van der Waals surface area contributed by atoms with Crippen LogP contribution >= 0.6 is 0 Å². The van der Waals surface area contributed by atoms with Gasteiger partial charge in [-0.25, -0.2) is 0 Å². The molecule has 1 amide bonds. The lowest BCUT2D eigenvalue weighted by atomic mass is 10.2. The summed E-state index contributed by atoms with van der Waals surface area (Å²) in [4.78, 5) is 16.5. The van der Waals surface area contributed by atoms with Gasteiger partial charge in [-0.1, -0.05) is 19.8 Å². The van der Waals surface area contributed by atoms with E-state index in [1.54, 1.807) is 0 Å². The molecule has 0 aromatic heterocycles. The SMILES string of the molecule is CCCCCNC(=O)C(C)N1CCN(CCO)CC1. The van der Waals surface area contributed by atoms with E-state index in [1.807, 2.05) is 6.92 Å². The lowest BCUT2D eigenvalue weighted by Gasteiger charge is -2.37. The molecule has 1 rings (SSSR count). The highest BCUT2D eigenvalue weighted by atomic mass is 16.3. The number of β-amino-alcohol motifs (C(OH)–C–C–N with tert-alkyl or cyclic N) is 1. The van der Waals surface area contributed by atoms with Crippen molar-refractivity contribution in [3.63, 3.8) is 0 Å². The summed E-state index contributed by atoms with van der Waals surface area (Å²) in [6, 6.07) is -0.0436. The van der Waals surface area contributed by atoms with Crippen molar-refractivity contribution < 1.29 is 9.90 Å². The Balaban J connectivity index is 2.22. The van der Waals surface area contributed by atoms with Gasteiger partial charge in [-0.15, -0.1) is 0 Å². The Hall–Kier alpha value is -0.650. The fourth-order valence-electron chi connectivity index (χ4n) is 2.42. The number of piperazine rings is 1. The van der Waals surface area contributed by atoms with Crippen LogP contribution in [0.1, 0.15) is 33.1 Å². The summed E-state index contributed by atoms with van der Waals surface area (Å²) in [5.41, 5.74) is 0. The van der Waals surface area contributed by atoms with E-state index in [-0.39, 0.29) is 18.6 Å². The Bertz CT molecular complexity index is 253. The minimum atomic E-state index is -0.0436. The number of carbonyl (C=O) groups excluding carboxylic acids is 1. The summed E-state index contributed by atoms with van der Waals surface area (Å²) in [6.07, 6.45) is 3.42. The third-order valence-corrected chi connectivity index (χ3v) is 3.83. The highest BCUT2D eigenvalue weighted by Gasteiger charge is 2.24. The molecule has 112 valence electrons. The molecular weight excluding hydrogens is 242 g/mol. The first-order valence-corrected chi connectivity index (χ1v) is 7.54. The van der Waals surface area contributed by atoms with E-state index in [2.05, 4.69) is 22.0 Å². The van der Waals surface area contributed by atoms with Gasteiger partial charge in [0.15, 0.2) is 0 Å². The van der Waals surface area contributed by atoms with Gasteiger partial charge in [-0.05, 0) is 13.3 Å². The molecule has 1 aliphatic rings. The standard InChI is InChI=1S/C14H29N3O2/c1-3-4-5-6-15-14(19)13(2)17-9-7-16(8-10-17)11-12-18/h13,18H,3-12H2,1-2H3,(H,15,19). The summed E-state index contributed by atoms with van der Waals surface area (Å²) in [5, 5.41) is 11.9. The number of carbonyl (C=O) groups is 1. The van der Waals surface area contributed by atoms with Crippen molar-refractivity contribution in [2.24, 2.45) is 0 Å². The largest absolute Gasteiger partial charge is 0.395 e. The van der Waals surface area contributed by atoms with Crippen LogP contribution in [-0.4, -0.2) is 72.7 Å². The van der Waals surface area contributed by atoms with Gasteiger partial charge in [0.05, 0.1) is 12.6 Å². The first-order valence-electron chi connectivity index (χ1n) is 7.54. The molecule has 0 radical (unpaired) electrons. The van der Waals surface area contributed by atoms with Crippen molar-refractivity contribution in [1.82, 2.24) is 15.1 Å². The summed E-state index contributed by atoms with van der Waals surface area (Å²) >= 11 is 0. The monoisotopic (exact) mass is 271 g/mol. The molecule has 19 heavy (non-hydrogen) atoms. The van der Waals surface area contributed by atoms with Crippen molar-refractivity contribution >= 4 is 5.91 Å². The molecule has 5 nitrogen and oxygen atoms in total. The van der Waals surface area contributed by atoms with E-state index in [0.29, 0.717) is 0 Å². The highest BCUT2D eigenvalue weighted by molar-refractivity contribution is 5.81. The van der Waals surface area contributed by atoms with E-state index < -0.39 is 0 Å². The number of nitrogens with zero attached hydrogens (tertiary/aromatic N) is 2. The number of unbranched alkanes of at least 4 members (excludes halogenated alkanes) is 2. The predicted octanol–water partition coefficient (Wildman–Crippen LogP) is 0.291. The van der Waals surface area contributed by atoms with Crippen molar-refractivity contribution in [3.05, 3.63) is 0 Å². The van der Waals surface area contributed by atoms with Gasteiger partial charge in [0.25, 0.3) is 0 Å². The van der Waals surface area contributed by atoms with Gasteiger partial charge in [0, 0.05) is 39.3 Å². The molecule has 0 spiro atoms. The average molecular weight is 271 g/mol. The maximum atomic E-state index is 12.0. The Labute approximate surface area is 117 Å². The van der Waals surface area contributed by atoms with Crippen LogP contribution < -0.4 is 5.32 Å². The third kappa shape index (κ3) is 5.89. The van der Waals surface area contributed by atoms with Crippen LogP contribution in [0.4, 0.5) is 0 Å². The van der Waals surface area contributed by atoms with Crippen LogP contribution in [-0.2, 0) is 4.79 Å². The van der Waals surface area contributed by atoms with E-state index in [4.69, 9.17) is 5.11 Å². The van der Waals surface area contributed by atoms with Crippen LogP contribution in [0.5, 0.6) is 0 Å². The van der Waals surface area contributed by atoms with Crippen LogP contribution in [0, 0.1) is 0 Å². The summed E-state index contributed by atoms with van der Waals surface area (Å²) in [7, 11) is 0. The number of aliphatic hydroxyl groups is 1. The normalized spacial score (nSPS) is 19.3. The number of rotatable bonds is 8. The number of aliphatic hydroxyl groups excluding tert-OH is 1. The van der Waals surface area contributed by atoms with E-state index in [1.165, 1.54) is 12.8 Å². The maximum Gasteiger partial charge on any atom is 0.237 e. The quantitative estimate of drug-likeness (QED) is 0.623. The van der Waals surface area contributed by atoms with E-state index >= 15 is 0 Å². The highest BCUT2D eigenvalue weighted by Crippen LogP contribution is 2.06. The zero-order valence-corrected chi connectivity index (χ0v) is 12.4. The molecular formula is C14H29N3O2. The zero-order chi connectivity index (χ0) is 14.1. The minimum Gasteiger partial charge on any atom is -0.395 e. The lowest BCUT2D eigenvalue weighted by Crippen LogP contribution is -2.54. The molecule has 2 N–H and O–H groups in total. The summed E-state index contributed by atoms with van der Waals surface area (Å²) in [6.45, 7) is 9.59. The van der Waals surface area contributed by atoms with Gasteiger partial charge in [0.2, 0.25) is 5.91 Å². The molecule has 0 aromatic rings. The molecule has 5 heteroatoms. The topological polar surface area (TPSA) is 55.8 Å². The average Bonchev–Trinajstić information content (AvgIpc) is 2.44. The van der Waals surface area contributed by atoms with Crippen LogP contribution in [0.2, 0.25) is 0 Å². The van der Waals surface area contributed by atoms with Crippen LogP contribution in [0.25, 0.3) is 0 Å². The molecule has 0 saturated carbocycles. The maximum absolute atomic E-state index is 12.0. The Morgan fingerprint density at radius 2 is 1.95 bits per heavy atom. The molecule has 1 saturated heterocycles. The molecule has 1 heterocycles. The Kier molecular flexibility index (Phi) is 8.02. The van der Waals surface area contributed by atoms with Crippen LogP contribution in [0.15, 0.2) is 0 Å². The molecule has 0 bridgehead atoms. The Morgan fingerprint density at radius 3 is 2.53 bits per heavy atom. The second kappa shape index (κ2) is 9.28. The van der Waals surface area contributed by atoms with Gasteiger partial charge in [0.1, 0.15) is 0 Å².